The number of likely N-dealkylation sites (tertiary alicyclic amines) is 1. The van der Waals surface area contributed by atoms with E-state index in [-0.39, 0.29) is 23.5 Å². The van der Waals surface area contributed by atoms with E-state index in [9.17, 15) is 14.0 Å². The highest BCUT2D eigenvalue weighted by molar-refractivity contribution is 5.96. The van der Waals surface area contributed by atoms with Gasteiger partial charge in [0.15, 0.2) is 0 Å². The third kappa shape index (κ3) is 4.54. The van der Waals surface area contributed by atoms with Gasteiger partial charge in [-0.05, 0) is 63.4 Å². The molecule has 1 aliphatic rings. The molecule has 1 fully saturated rings. The van der Waals surface area contributed by atoms with Gasteiger partial charge in [-0.15, -0.1) is 0 Å². The Bertz CT molecular complexity index is 858. The van der Waals surface area contributed by atoms with Crippen LogP contribution in [0, 0.1) is 32.5 Å². The average Bonchev–Trinajstić information content (AvgIpc) is 2.63. The quantitative estimate of drug-likeness (QED) is 0.881. The molecule has 142 valence electrons. The number of carbonyl (C=O) groups excluding carboxylic acids is 2. The smallest absolute Gasteiger partial charge is 0.253 e. The van der Waals surface area contributed by atoms with Crippen molar-refractivity contribution in [3.05, 3.63) is 64.5 Å². The molecule has 0 bridgehead atoms. The number of halogens is 1. The largest absolute Gasteiger partial charge is 0.338 e. The summed E-state index contributed by atoms with van der Waals surface area (Å²) in [6.45, 7) is 6.79. The van der Waals surface area contributed by atoms with E-state index < -0.39 is 0 Å². The van der Waals surface area contributed by atoms with Gasteiger partial charge in [-0.2, -0.15) is 0 Å². The van der Waals surface area contributed by atoms with Gasteiger partial charge >= 0.3 is 0 Å². The molecule has 1 aliphatic heterocycles. The molecule has 0 radical (unpaired) electrons. The van der Waals surface area contributed by atoms with Crippen LogP contribution >= 0.6 is 0 Å². The van der Waals surface area contributed by atoms with Crippen molar-refractivity contribution in [1.29, 1.82) is 0 Å². The summed E-state index contributed by atoms with van der Waals surface area (Å²) < 4.78 is 13.5. The number of nitrogens with zero attached hydrogens (tertiary/aromatic N) is 1. The molecule has 0 aromatic heterocycles. The maximum Gasteiger partial charge on any atom is 0.253 e. The van der Waals surface area contributed by atoms with Gasteiger partial charge in [0.2, 0.25) is 5.91 Å². The van der Waals surface area contributed by atoms with E-state index in [2.05, 4.69) is 5.32 Å². The molecule has 1 N–H and O–H groups in total. The second kappa shape index (κ2) is 7.91. The van der Waals surface area contributed by atoms with Gasteiger partial charge in [0.05, 0.1) is 5.92 Å². The van der Waals surface area contributed by atoms with Gasteiger partial charge in [0.25, 0.3) is 5.91 Å². The monoisotopic (exact) mass is 368 g/mol. The lowest BCUT2D eigenvalue weighted by Crippen LogP contribution is -2.43. The Hall–Kier alpha value is -2.69. The molecule has 0 spiro atoms. The molecule has 5 heteroatoms. The fraction of sp³-hybridized carbons (Fsp3) is 0.364. The molecule has 1 atom stereocenters. The molecule has 27 heavy (non-hydrogen) atoms. The lowest BCUT2D eigenvalue weighted by atomic mass is 9.95. The number of carbonyl (C=O) groups is 2. The summed E-state index contributed by atoms with van der Waals surface area (Å²) in [4.78, 5) is 27.3. The summed E-state index contributed by atoms with van der Waals surface area (Å²) in [5.41, 5.74) is 4.05. The van der Waals surface area contributed by atoms with Crippen LogP contribution in [-0.4, -0.2) is 29.8 Å². The first-order valence-electron chi connectivity index (χ1n) is 9.28. The molecule has 2 aromatic carbocycles. The van der Waals surface area contributed by atoms with E-state index >= 15 is 0 Å². The third-order valence-electron chi connectivity index (χ3n) is 5.01. The van der Waals surface area contributed by atoms with E-state index in [4.69, 9.17) is 0 Å². The zero-order valence-corrected chi connectivity index (χ0v) is 16.0. The number of piperidine rings is 1. The van der Waals surface area contributed by atoms with Crippen molar-refractivity contribution in [2.75, 3.05) is 18.4 Å². The minimum atomic E-state index is -0.383. The fourth-order valence-electron chi connectivity index (χ4n) is 3.62. The highest BCUT2D eigenvalue weighted by Crippen LogP contribution is 2.23. The summed E-state index contributed by atoms with van der Waals surface area (Å²) >= 11 is 0. The standard InChI is InChI=1S/C22H25FN2O2/c1-14-9-15(2)11-18(10-14)22(27)25-8-4-5-17(13-25)21(26)24-20-12-19(23)7-6-16(20)3/h6-7,9-12,17H,4-5,8,13H2,1-3H3,(H,24,26). The molecule has 2 aromatic rings. The molecule has 4 nitrogen and oxygen atoms in total. The molecule has 1 unspecified atom stereocenters. The van der Waals surface area contributed by atoms with Crippen LogP contribution in [0.15, 0.2) is 36.4 Å². The zero-order valence-electron chi connectivity index (χ0n) is 16.0. The Balaban J connectivity index is 1.70. The maximum atomic E-state index is 13.5. The first-order chi connectivity index (χ1) is 12.8. The summed E-state index contributed by atoms with van der Waals surface area (Å²) in [5, 5.41) is 2.82. The van der Waals surface area contributed by atoms with Crippen LogP contribution in [0.1, 0.15) is 39.9 Å². The van der Waals surface area contributed by atoms with Gasteiger partial charge < -0.3 is 10.2 Å². The summed E-state index contributed by atoms with van der Waals surface area (Å²) in [6, 6.07) is 10.1. The SMILES string of the molecule is Cc1cc(C)cc(C(=O)N2CCCC(C(=O)Nc3cc(F)ccc3C)C2)c1. The molecular weight excluding hydrogens is 343 g/mol. The van der Waals surface area contributed by atoms with E-state index in [0.717, 1.165) is 29.5 Å². The second-order valence-corrected chi connectivity index (χ2v) is 7.42. The number of anilines is 1. The number of amides is 2. The number of hydrogen-bond donors (Lipinski definition) is 1. The molecule has 0 aliphatic carbocycles. The van der Waals surface area contributed by atoms with Crippen molar-refractivity contribution < 1.29 is 14.0 Å². The van der Waals surface area contributed by atoms with Gasteiger partial charge in [-0.25, -0.2) is 4.39 Å². The zero-order chi connectivity index (χ0) is 19.6. The number of rotatable bonds is 3. The normalized spacial score (nSPS) is 16.9. The number of aryl methyl sites for hydroxylation is 3. The summed E-state index contributed by atoms with van der Waals surface area (Å²) in [6.07, 6.45) is 1.49. The first kappa shape index (κ1) is 19.1. The molecule has 1 heterocycles. The summed E-state index contributed by atoms with van der Waals surface area (Å²) in [5.74, 6) is -0.884. The van der Waals surface area contributed by atoms with Gasteiger partial charge in [0, 0.05) is 24.3 Å². The van der Waals surface area contributed by atoms with Crippen LogP contribution in [0.25, 0.3) is 0 Å². The van der Waals surface area contributed by atoms with Crippen molar-refractivity contribution in [2.24, 2.45) is 5.92 Å². The Labute approximate surface area is 159 Å². The van der Waals surface area contributed by atoms with Crippen molar-refractivity contribution in [3.8, 4) is 0 Å². The topological polar surface area (TPSA) is 49.4 Å². The van der Waals surface area contributed by atoms with Crippen LogP contribution in [0.3, 0.4) is 0 Å². The summed E-state index contributed by atoms with van der Waals surface area (Å²) in [7, 11) is 0. The number of hydrogen-bond acceptors (Lipinski definition) is 2. The lowest BCUT2D eigenvalue weighted by Gasteiger charge is -2.32. The Kier molecular flexibility index (Phi) is 5.59. The van der Waals surface area contributed by atoms with Crippen molar-refractivity contribution in [3.63, 3.8) is 0 Å². The highest BCUT2D eigenvalue weighted by atomic mass is 19.1. The van der Waals surface area contributed by atoms with Gasteiger partial charge in [-0.1, -0.05) is 23.3 Å². The van der Waals surface area contributed by atoms with Crippen molar-refractivity contribution in [1.82, 2.24) is 4.90 Å². The van der Waals surface area contributed by atoms with Crippen LogP contribution in [0.2, 0.25) is 0 Å². The van der Waals surface area contributed by atoms with E-state index in [1.807, 2.05) is 39.0 Å². The van der Waals surface area contributed by atoms with E-state index in [1.165, 1.54) is 12.1 Å². The Morgan fingerprint density at radius 1 is 1.07 bits per heavy atom. The molecule has 2 amide bonds. The number of nitrogens with one attached hydrogen (secondary N) is 1. The molecule has 3 rings (SSSR count). The Morgan fingerprint density at radius 2 is 1.78 bits per heavy atom. The fourth-order valence-corrected chi connectivity index (χ4v) is 3.62. The minimum absolute atomic E-state index is 0.0405. The molecular formula is C22H25FN2O2. The third-order valence-corrected chi connectivity index (χ3v) is 5.01. The van der Waals surface area contributed by atoms with Crippen molar-refractivity contribution >= 4 is 17.5 Å². The van der Waals surface area contributed by atoms with E-state index in [1.54, 1.807) is 11.0 Å². The van der Waals surface area contributed by atoms with Crippen LogP contribution in [0.4, 0.5) is 10.1 Å². The maximum absolute atomic E-state index is 13.5. The molecule has 0 saturated carbocycles. The first-order valence-corrected chi connectivity index (χ1v) is 9.28. The highest BCUT2D eigenvalue weighted by Gasteiger charge is 2.29. The van der Waals surface area contributed by atoms with Gasteiger partial charge in [0.1, 0.15) is 5.82 Å². The van der Waals surface area contributed by atoms with Gasteiger partial charge in [-0.3, -0.25) is 9.59 Å². The average molecular weight is 368 g/mol. The van der Waals surface area contributed by atoms with Crippen molar-refractivity contribution in [2.45, 2.75) is 33.6 Å². The molecule has 1 saturated heterocycles. The predicted molar refractivity (Wildman–Crippen MR) is 104 cm³/mol. The number of benzene rings is 2. The van der Waals surface area contributed by atoms with Crippen LogP contribution < -0.4 is 5.32 Å². The van der Waals surface area contributed by atoms with E-state index in [0.29, 0.717) is 24.3 Å². The Morgan fingerprint density at radius 3 is 2.48 bits per heavy atom. The predicted octanol–water partition coefficient (Wildman–Crippen LogP) is 4.24. The second-order valence-electron chi connectivity index (χ2n) is 7.42. The minimum Gasteiger partial charge on any atom is -0.338 e. The lowest BCUT2D eigenvalue weighted by molar-refractivity contribution is -0.121. The van der Waals surface area contributed by atoms with Crippen LogP contribution in [-0.2, 0) is 4.79 Å². The van der Waals surface area contributed by atoms with Crippen LogP contribution in [0.5, 0.6) is 0 Å².